The summed E-state index contributed by atoms with van der Waals surface area (Å²) in [6.07, 6.45) is -4.54. The van der Waals surface area contributed by atoms with Gasteiger partial charge in [0.15, 0.2) is 15.6 Å². The zero-order chi connectivity index (χ0) is 17.1. The molecule has 1 aromatic heterocycles. The minimum Gasteiger partial charge on any atom is -0.455 e. The lowest BCUT2D eigenvalue weighted by atomic mass is 10.4. The molecule has 1 heterocycles. The number of halogens is 3. The molecule has 1 aromatic carbocycles. The molecule has 0 saturated heterocycles. The van der Waals surface area contributed by atoms with Crippen LogP contribution in [-0.2, 0) is 15.6 Å². The summed E-state index contributed by atoms with van der Waals surface area (Å²) in [5, 5.41) is 1.64. The first-order valence-corrected chi connectivity index (χ1v) is 8.04. The van der Waals surface area contributed by atoms with Crippen molar-refractivity contribution in [1.82, 2.24) is 5.32 Å². The third-order valence-corrected chi connectivity index (χ3v) is 4.42. The molecule has 1 amide bonds. The Morgan fingerprint density at radius 3 is 2.35 bits per heavy atom. The van der Waals surface area contributed by atoms with Gasteiger partial charge in [-0.25, -0.2) is 8.42 Å². The van der Waals surface area contributed by atoms with E-state index >= 15 is 0 Å². The topological polar surface area (TPSA) is 76.4 Å². The second-order valence-corrected chi connectivity index (χ2v) is 6.63. The quantitative estimate of drug-likeness (QED) is 0.902. The van der Waals surface area contributed by atoms with E-state index in [2.05, 4.69) is 0 Å². The van der Waals surface area contributed by atoms with Crippen LogP contribution in [0.3, 0.4) is 0 Å². The predicted octanol–water partition coefficient (Wildman–Crippen LogP) is 2.55. The number of benzene rings is 1. The summed E-state index contributed by atoms with van der Waals surface area (Å²) in [6, 6.07) is 9.97. The molecular weight excluding hydrogens is 335 g/mol. The van der Waals surface area contributed by atoms with Gasteiger partial charge in [0.2, 0.25) is 0 Å². The van der Waals surface area contributed by atoms with Crippen molar-refractivity contribution < 1.29 is 30.8 Å². The number of nitrogens with one attached hydrogen (secondary N) is 1. The maximum atomic E-state index is 12.1. The van der Waals surface area contributed by atoms with Gasteiger partial charge in [0, 0.05) is 0 Å². The Balaban J connectivity index is 2.07. The molecule has 5 nitrogen and oxygen atoms in total. The van der Waals surface area contributed by atoms with Crippen LogP contribution in [0.15, 0.2) is 51.8 Å². The van der Waals surface area contributed by atoms with Crippen LogP contribution in [0.4, 0.5) is 13.2 Å². The van der Waals surface area contributed by atoms with E-state index in [1.54, 1.807) is 23.5 Å². The standard InChI is InChI=1S/C14H12F3NO4S/c15-14(16,17)9-18-13(19)12-7-6-10(22-12)8-23(20,21)11-4-2-1-3-5-11/h1-7H,8-9H2,(H,18,19). The Morgan fingerprint density at radius 2 is 1.74 bits per heavy atom. The molecule has 1 N–H and O–H groups in total. The number of carbonyl (C=O) groups is 1. The Kier molecular flexibility index (Phi) is 4.79. The fourth-order valence-electron chi connectivity index (χ4n) is 1.74. The molecule has 0 saturated carbocycles. The van der Waals surface area contributed by atoms with E-state index in [4.69, 9.17) is 4.42 Å². The molecule has 9 heteroatoms. The Morgan fingerprint density at radius 1 is 1.09 bits per heavy atom. The van der Waals surface area contributed by atoms with Crippen molar-refractivity contribution in [1.29, 1.82) is 0 Å². The van der Waals surface area contributed by atoms with E-state index in [9.17, 15) is 26.4 Å². The first-order valence-electron chi connectivity index (χ1n) is 6.39. The second-order valence-electron chi connectivity index (χ2n) is 4.64. The van der Waals surface area contributed by atoms with E-state index < -0.39 is 34.2 Å². The van der Waals surface area contributed by atoms with Crippen LogP contribution in [0.5, 0.6) is 0 Å². The Labute approximate surface area is 130 Å². The van der Waals surface area contributed by atoms with Crippen molar-refractivity contribution in [2.75, 3.05) is 6.54 Å². The highest BCUT2D eigenvalue weighted by atomic mass is 32.2. The molecule has 0 bridgehead atoms. The number of alkyl halides is 3. The van der Waals surface area contributed by atoms with Crippen molar-refractivity contribution in [3.05, 3.63) is 54.0 Å². The smallest absolute Gasteiger partial charge is 0.405 e. The van der Waals surface area contributed by atoms with Crippen molar-refractivity contribution in [2.24, 2.45) is 0 Å². The summed E-state index contributed by atoms with van der Waals surface area (Å²) in [7, 11) is -3.67. The van der Waals surface area contributed by atoms with Gasteiger partial charge in [0.1, 0.15) is 18.1 Å². The number of amides is 1. The van der Waals surface area contributed by atoms with Crippen molar-refractivity contribution in [3.63, 3.8) is 0 Å². The van der Waals surface area contributed by atoms with Gasteiger partial charge in [-0.05, 0) is 24.3 Å². The van der Waals surface area contributed by atoms with Gasteiger partial charge < -0.3 is 9.73 Å². The van der Waals surface area contributed by atoms with Crippen molar-refractivity contribution in [3.8, 4) is 0 Å². The lowest BCUT2D eigenvalue weighted by molar-refractivity contribution is -0.123. The third-order valence-electron chi connectivity index (χ3n) is 2.77. The van der Waals surface area contributed by atoms with Crippen molar-refractivity contribution >= 4 is 15.7 Å². The van der Waals surface area contributed by atoms with E-state index in [0.29, 0.717) is 0 Å². The molecule has 124 valence electrons. The van der Waals surface area contributed by atoms with E-state index in [1.165, 1.54) is 18.2 Å². The fourth-order valence-corrected chi connectivity index (χ4v) is 3.01. The summed E-state index contributed by atoms with van der Waals surface area (Å²) in [4.78, 5) is 11.6. The highest BCUT2D eigenvalue weighted by Crippen LogP contribution is 2.18. The molecule has 0 radical (unpaired) electrons. The van der Waals surface area contributed by atoms with Gasteiger partial charge in [-0.2, -0.15) is 13.2 Å². The molecule has 0 unspecified atom stereocenters. The molecular formula is C14H12F3NO4S. The monoisotopic (exact) mass is 347 g/mol. The molecule has 0 fully saturated rings. The van der Waals surface area contributed by atoms with Gasteiger partial charge >= 0.3 is 6.18 Å². The largest absolute Gasteiger partial charge is 0.455 e. The van der Waals surface area contributed by atoms with E-state index in [0.717, 1.165) is 6.07 Å². The summed E-state index contributed by atoms with van der Waals surface area (Å²) in [5.41, 5.74) is 0. The number of hydrogen-bond acceptors (Lipinski definition) is 4. The lowest BCUT2D eigenvalue weighted by Gasteiger charge is -2.06. The third kappa shape index (κ3) is 4.85. The highest BCUT2D eigenvalue weighted by Gasteiger charge is 2.28. The predicted molar refractivity (Wildman–Crippen MR) is 74.4 cm³/mol. The van der Waals surface area contributed by atoms with Crippen LogP contribution < -0.4 is 5.32 Å². The van der Waals surface area contributed by atoms with Gasteiger partial charge in [0.05, 0.1) is 4.90 Å². The Bertz CT molecular complexity index is 782. The first kappa shape index (κ1) is 17.1. The van der Waals surface area contributed by atoms with Gasteiger partial charge in [-0.1, -0.05) is 18.2 Å². The van der Waals surface area contributed by atoms with Gasteiger partial charge in [0.25, 0.3) is 5.91 Å². The minimum atomic E-state index is -4.54. The van der Waals surface area contributed by atoms with E-state index in [-0.39, 0.29) is 16.4 Å². The van der Waals surface area contributed by atoms with Crippen LogP contribution >= 0.6 is 0 Å². The summed E-state index contributed by atoms with van der Waals surface area (Å²) in [5.74, 6) is -1.98. The van der Waals surface area contributed by atoms with Crippen LogP contribution in [0.1, 0.15) is 16.3 Å². The number of sulfone groups is 1. The van der Waals surface area contributed by atoms with E-state index in [1.807, 2.05) is 0 Å². The minimum absolute atomic E-state index is 0.0361. The lowest BCUT2D eigenvalue weighted by Crippen LogP contribution is -2.33. The van der Waals surface area contributed by atoms with Crippen LogP contribution in [0, 0.1) is 0 Å². The average molecular weight is 347 g/mol. The number of carbonyl (C=O) groups excluding carboxylic acids is 1. The Hall–Kier alpha value is -2.29. The number of hydrogen-bond donors (Lipinski definition) is 1. The SMILES string of the molecule is O=C(NCC(F)(F)F)c1ccc(CS(=O)(=O)c2ccccc2)o1. The zero-order valence-electron chi connectivity index (χ0n) is 11.6. The zero-order valence-corrected chi connectivity index (χ0v) is 12.4. The molecule has 0 spiro atoms. The van der Waals surface area contributed by atoms with Crippen LogP contribution in [0.25, 0.3) is 0 Å². The van der Waals surface area contributed by atoms with Gasteiger partial charge in [-0.3, -0.25) is 4.79 Å². The summed E-state index contributed by atoms with van der Waals surface area (Å²) >= 11 is 0. The van der Waals surface area contributed by atoms with Gasteiger partial charge in [-0.15, -0.1) is 0 Å². The maximum absolute atomic E-state index is 12.1. The second kappa shape index (κ2) is 6.45. The highest BCUT2D eigenvalue weighted by molar-refractivity contribution is 7.90. The average Bonchev–Trinajstić information content (AvgIpc) is 2.93. The molecule has 2 aromatic rings. The first-order chi connectivity index (χ1) is 10.7. The number of rotatable bonds is 5. The fraction of sp³-hybridized carbons (Fsp3) is 0.214. The van der Waals surface area contributed by atoms with Crippen LogP contribution in [-0.4, -0.2) is 27.0 Å². The molecule has 2 rings (SSSR count). The molecule has 0 atom stereocenters. The molecule has 0 aliphatic heterocycles. The molecule has 23 heavy (non-hydrogen) atoms. The van der Waals surface area contributed by atoms with Crippen molar-refractivity contribution in [2.45, 2.75) is 16.8 Å². The normalized spacial score (nSPS) is 12.1. The summed E-state index contributed by atoms with van der Waals surface area (Å²) in [6.45, 7) is -1.50. The molecule has 0 aliphatic rings. The maximum Gasteiger partial charge on any atom is 0.405 e. The molecule has 0 aliphatic carbocycles. The van der Waals surface area contributed by atoms with Crippen LogP contribution in [0.2, 0.25) is 0 Å². The summed E-state index contributed by atoms with van der Waals surface area (Å²) < 4.78 is 65.3. The number of furan rings is 1.